The molecule has 0 aromatic carbocycles. The lowest BCUT2D eigenvalue weighted by Crippen LogP contribution is -2.35. The van der Waals surface area contributed by atoms with Gasteiger partial charge in [-0.1, -0.05) is 0 Å². The van der Waals surface area contributed by atoms with E-state index in [-0.39, 0.29) is 5.56 Å². The van der Waals surface area contributed by atoms with Gasteiger partial charge in [0.05, 0.1) is 17.0 Å². The lowest BCUT2D eigenvalue weighted by atomic mass is 10.1. The average Bonchev–Trinajstić information content (AvgIpc) is 2.40. The number of nitrogens with one attached hydrogen (secondary N) is 1. The molecule has 0 aliphatic carbocycles. The first-order valence-corrected chi connectivity index (χ1v) is 6.28. The smallest absolute Gasteiger partial charge is 0.255 e. The molecule has 1 aliphatic heterocycles. The molecular formula is C13H15N5O. The third kappa shape index (κ3) is 2.53. The summed E-state index contributed by atoms with van der Waals surface area (Å²) < 4.78 is 0. The zero-order valence-electron chi connectivity index (χ0n) is 10.8. The van der Waals surface area contributed by atoms with E-state index in [0.29, 0.717) is 18.9 Å². The van der Waals surface area contributed by atoms with Crippen LogP contribution in [0.5, 0.6) is 0 Å². The van der Waals surface area contributed by atoms with Crippen molar-refractivity contribution in [3.8, 4) is 0 Å². The molecule has 3 heterocycles. The Hall–Kier alpha value is -2.08. The molecule has 6 heteroatoms. The maximum absolute atomic E-state index is 11.9. The van der Waals surface area contributed by atoms with E-state index in [1.807, 2.05) is 6.92 Å². The van der Waals surface area contributed by atoms with Gasteiger partial charge in [0.25, 0.3) is 5.56 Å². The van der Waals surface area contributed by atoms with Crippen LogP contribution >= 0.6 is 0 Å². The van der Waals surface area contributed by atoms with Gasteiger partial charge in [-0.05, 0) is 6.92 Å². The minimum absolute atomic E-state index is 0.0219. The van der Waals surface area contributed by atoms with Gasteiger partial charge in [0.1, 0.15) is 5.82 Å². The fourth-order valence-corrected chi connectivity index (χ4v) is 2.38. The lowest BCUT2D eigenvalue weighted by Gasteiger charge is -2.27. The van der Waals surface area contributed by atoms with Crippen LogP contribution < -0.4 is 5.56 Å². The topological polar surface area (TPSA) is 74.8 Å². The first-order valence-electron chi connectivity index (χ1n) is 6.28. The second-order valence-corrected chi connectivity index (χ2v) is 4.73. The van der Waals surface area contributed by atoms with Crippen LogP contribution in [-0.2, 0) is 19.5 Å². The predicted molar refractivity (Wildman–Crippen MR) is 69.4 cm³/mol. The van der Waals surface area contributed by atoms with Crippen LogP contribution in [0.25, 0.3) is 0 Å². The van der Waals surface area contributed by atoms with Gasteiger partial charge in [0.2, 0.25) is 0 Å². The summed E-state index contributed by atoms with van der Waals surface area (Å²) in [7, 11) is 0. The molecule has 2 aromatic rings. The highest BCUT2D eigenvalue weighted by atomic mass is 16.1. The molecule has 1 N–H and O–H groups in total. The molecule has 0 fully saturated rings. The summed E-state index contributed by atoms with van der Waals surface area (Å²) in [4.78, 5) is 29.6. The lowest BCUT2D eigenvalue weighted by molar-refractivity contribution is 0.238. The summed E-state index contributed by atoms with van der Waals surface area (Å²) in [6, 6.07) is 0. The fourth-order valence-electron chi connectivity index (χ4n) is 2.38. The summed E-state index contributed by atoms with van der Waals surface area (Å²) in [6.45, 7) is 4.03. The molecule has 3 rings (SSSR count). The molecule has 0 spiro atoms. The van der Waals surface area contributed by atoms with Crippen molar-refractivity contribution in [2.24, 2.45) is 0 Å². The molecule has 0 amide bonds. The number of nitrogens with zero attached hydrogens (tertiary/aromatic N) is 4. The minimum atomic E-state index is -0.0219. The van der Waals surface area contributed by atoms with Crippen molar-refractivity contribution in [1.29, 1.82) is 0 Å². The monoisotopic (exact) mass is 257 g/mol. The van der Waals surface area contributed by atoms with E-state index in [0.717, 1.165) is 29.9 Å². The van der Waals surface area contributed by atoms with Crippen molar-refractivity contribution in [3.05, 3.63) is 51.7 Å². The molecule has 0 saturated carbocycles. The fraction of sp³-hybridized carbons (Fsp3) is 0.385. The average molecular weight is 257 g/mol. The summed E-state index contributed by atoms with van der Waals surface area (Å²) in [5.74, 6) is 0.686. The van der Waals surface area contributed by atoms with E-state index in [1.165, 1.54) is 0 Å². The third-order valence-corrected chi connectivity index (χ3v) is 3.27. The molecule has 1 aliphatic rings. The maximum Gasteiger partial charge on any atom is 0.255 e. The summed E-state index contributed by atoms with van der Waals surface area (Å²) in [6.07, 6.45) is 5.91. The van der Waals surface area contributed by atoms with E-state index in [9.17, 15) is 4.79 Å². The Labute approximate surface area is 110 Å². The molecular weight excluding hydrogens is 242 g/mol. The number of hydrogen-bond acceptors (Lipinski definition) is 5. The molecule has 98 valence electrons. The predicted octanol–water partition coefficient (Wildman–Crippen LogP) is 0.427. The summed E-state index contributed by atoms with van der Waals surface area (Å²) >= 11 is 0. The van der Waals surface area contributed by atoms with Crippen molar-refractivity contribution in [1.82, 2.24) is 24.8 Å². The van der Waals surface area contributed by atoms with E-state index >= 15 is 0 Å². The van der Waals surface area contributed by atoms with Gasteiger partial charge in [-0.15, -0.1) is 0 Å². The quantitative estimate of drug-likeness (QED) is 0.844. The Morgan fingerprint density at radius 3 is 3.11 bits per heavy atom. The van der Waals surface area contributed by atoms with Gasteiger partial charge in [0, 0.05) is 44.6 Å². The van der Waals surface area contributed by atoms with Crippen molar-refractivity contribution < 1.29 is 0 Å². The first kappa shape index (κ1) is 12.0. The zero-order valence-corrected chi connectivity index (χ0v) is 10.8. The van der Waals surface area contributed by atoms with Crippen LogP contribution in [0.3, 0.4) is 0 Å². The van der Waals surface area contributed by atoms with Crippen LogP contribution in [0.2, 0.25) is 0 Å². The highest BCUT2D eigenvalue weighted by Gasteiger charge is 2.20. The van der Waals surface area contributed by atoms with E-state index in [2.05, 4.69) is 24.8 Å². The van der Waals surface area contributed by atoms with E-state index < -0.39 is 0 Å². The van der Waals surface area contributed by atoms with Gasteiger partial charge in [-0.25, -0.2) is 4.98 Å². The molecule has 6 nitrogen and oxygen atoms in total. The number of aromatic amines is 1. The second kappa shape index (κ2) is 4.89. The number of fused-ring (bicyclic) bond motifs is 1. The van der Waals surface area contributed by atoms with Crippen LogP contribution in [0, 0.1) is 6.92 Å². The SMILES string of the molecule is Cc1nc2c(c(=O)[nH]1)CN(Cc1cnccn1)CC2. The van der Waals surface area contributed by atoms with Crippen molar-refractivity contribution in [2.45, 2.75) is 26.4 Å². The highest BCUT2D eigenvalue weighted by Crippen LogP contribution is 2.15. The Morgan fingerprint density at radius 2 is 2.32 bits per heavy atom. The van der Waals surface area contributed by atoms with Crippen LogP contribution in [0.15, 0.2) is 23.4 Å². The second-order valence-electron chi connectivity index (χ2n) is 4.73. The molecule has 0 saturated heterocycles. The van der Waals surface area contributed by atoms with Crippen LogP contribution in [-0.4, -0.2) is 31.4 Å². The molecule has 0 radical (unpaired) electrons. The van der Waals surface area contributed by atoms with Crippen LogP contribution in [0.4, 0.5) is 0 Å². The van der Waals surface area contributed by atoms with Gasteiger partial charge >= 0.3 is 0 Å². The molecule has 2 aromatic heterocycles. The molecule has 0 atom stereocenters. The normalized spacial score (nSPS) is 15.2. The van der Waals surface area contributed by atoms with Gasteiger partial charge < -0.3 is 4.98 Å². The number of aryl methyl sites for hydroxylation is 1. The Balaban J connectivity index is 1.81. The summed E-state index contributed by atoms with van der Waals surface area (Å²) in [5, 5.41) is 0. The molecule has 19 heavy (non-hydrogen) atoms. The van der Waals surface area contributed by atoms with Crippen molar-refractivity contribution in [2.75, 3.05) is 6.54 Å². The van der Waals surface area contributed by atoms with Gasteiger partial charge in [-0.2, -0.15) is 0 Å². The largest absolute Gasteiger partial charge is 0.310 e. The van der Waals surface area contributed by atoms with Crippen molar-refractivity contribution in [3.63, 3.8) is 0 Å². The van der Waals surface area contributed by atoms with Crippen molar-refractivity contribution >= 4 is 0 Å². The van der Waals surface area contributed by atoms with Gasteiger partial charge in [-0.3, -0.25) is 19.7 Å². The number of rotatable bonds is 2. The van der Waals surface area contributed by atoms with Gasteiger partial charge in [0.15, 0.2) is 0 Å². The number of hydrogen-bond donors (Lipinski definition) is 1. The Kier molecular flexibility index (Phi) is 3.08. The van der Waals surface area contributed by atoms with E-state index in [1.54, 1.807) is 18.6 Å². The maximum atomic E-state index is 11.9. The highest BCUT2D eigenvalue weighted by molar-refractivity contribution is 5.20. The zero-order chi connectivity index (χ0) is 13.2. The number of H-pyrrole nitrogens is 1. The first-order chi connectivity index (χ1) is 9.22. The summed E-state index contributed by atoms with van der Waals surface area (Å²) in [5.41, 5.74) is 2.60. The standard InChI is InChI=1S/C13H15N5O/c1-9-16-12-2-5-18(8-11(12)13(19)17-9)7-10-6-14-3-4-15-10/h3-4,6H,2,5,7-8H2,1H3,(H,16,17,19). The Morgan fingerprint density at radius 1 is 1.42 bits per heavy atom. The minimum Gasteiger partial charge on any atom is -0.310 e. The van der Waals surface area contributed by atoms with Crippen LogP contribution in [0.1, 0.15) is 22.8 Å². The molecule has 0 unspecified atom stereocenters. The third-order valence-electron chi connectivity index (χ3n) is 3.27. The van der Waals surface area contributed by atoms with E-state index in [4.69, 9.17) is 0 Å². The number of aromatic nitrogens is 4. The Bertz CT molecular complexity index is 637. The molecule has 0 bridgehead atoms.